The molecule has 2 unspecified atom stereocenters. The van der Waals surface area contributed by atoms with Crippen molar-refractivity contribution in [3.8, 4) is 0 Å². The van der Waals surface area contributed by atoms with Crippen LogP contribution in [-0.2, 0) is 0 Å². The Hall–Kier alpha value is -0.730. The fourth-order valence-corrected chi connectivity index (χ4v) is 2.33. The molecule has 2 atom stereocenters. The molecule has 0 aromatic rings. The van der Waals surface area contributed by atoms with Crippen LogP contribution in [0.4, 0.5) is 0 Å². The normalized spacial score (nSPS) is 26.8. The predicted molar refractivity (Wildman–Crippen MR) is 70.5 cm³/mol. The van der Waals surface area contributed by atoms with Crippen molar-refractivity contribution in [1.82, 2.24) is 5.32 Å². The monoisotopic (exact) mass is 225 g/mol. The van der Waals surface area contributed by atoms with Gasteiger partial charge in [-0.05, 0) is 24.7 Å². The number of hydrogen-bond acceptors (Lipinski definition) is 1. The molecule has 0 radical (unpaired) electrons. The fraction of sp³-hybridized carbons (Fsp3) is 0.923. The van der Waals surface area contributed by atoms with Gasteiger partial charge in [-0.3, -0.25) is 4.99 Å². The molecule has 3 heteroatoms. The van der Waals surface area contributed by atoms with E-state index >= 15 is 0 Å². The third kappa shape index (κ3) is 4.86. The van der Waals surface area contributed by atoms with E-state index in [-0.39, 0.29) is 0 Å². The van der Waals surface area contributed by atoms with E-state index in [9.17, 15) is 0 Å². The van der Waals surface area contributed by atoms with Crippen LogP contribution in [0.5, 0.6) is 0 Å². The average Bonchev–Trinajstić information content (AvgIpc) is 2.28. The maximum Gasteiger partial charge on any atom is 0.188 e. The molecule has 0 amide bonds. The molecule has 1 aliphatic rings. The van der Waals surface area contributed by atoms with Crippen LogP contribution in [0.25, 0.3) is 0 Å². The first-order valence-electron chi connectivity index (χ1n) is 6.77. The standard InChI is InChI=1S/C13H27N3/c1-3-4-9-15-13(14)16-10-12-8-6-5-7-11(12)2/h11-12H,3-10H2,1-2H3,(H3,14,15,16). The van der Waals surface area contributed by atoms with Crippen molar-refractivity contribution in [2.24, 2.45) is 22.6 Å². The molecule has 0 saturated heterocycles. The van der Waals surface area contributed by atoms with E-state index in [1.54, 1.807) is 0 Å². The lowest BCUT2D eigenvalue weighted by Crippen LogP contribution is -2.33. The van der Waals surface area contributed by atoms with E-state index in [4.69, 9.17) is 5.73 Å². The minimum atomic E-state index is 0.631. The van der Waals surface area contributed by atoms with E-state index < -0.39 is 0 Å². The second-order valence-corrected chi connectivity index (χ2v) is 5.03. The molecular weight excluding hydrogens is 198 g/mol. The maximum absolute atomic E-state index is 5.82. The van der Waals surface area contributed by atoms with Crippen LogP contribution < -0.4 is 11.1 Å². The predicted octanol–water partition coefficient (Wildman–Crippen LogP) is 2.52. The highest BCUT2D eigenvalue weighted by Gasteiger charge is 2.20. The Balaban J connectivity index is 2.22. The van der Waals surface area contributed by atoms with Crippen molar-refractivity contribution in [1.29, 1.82) is 0 Å². The van der Waals surface area contributed by atoms with Gasteiger partial charge in [0.1, 0.15) is 0 Å². The molecule has 0 heterocycles. The zero-order valence-corrected chi connectivity index (χ0v) is 10.8. The number of nitrogens with one attached hydrogen (secondary N) is 1. The number of nitrogens with two attached hydrogens (primary N) is 1. The summed E-state index contributed by atoms with van der Waals surface area (Å²) in [4.78, 5) is 4.45. The van der Waals surface area contributed by atoms with Gasteiger partial charge in [0.25, 0.3) is 0 Å². The van der Waals surface area contributed by atoms with E-state index in [2.05, 4.69) is 24.2 Å². The Morgan fingerprint density at radius 1 is 1.38 bits per heavy atom. The number of nitrogens with zero attached hydrogens (tertiary/aromatic N) is 1. The van der Waals surface area contributed by atoms with Crippen LogP contribution in [0.15, 0.2) is 4.99 Å². The van der Waals surface area contributed by atoms with E-state index in [0.717, 1.165) is 31.3 Å². The van der Waals surface area contributed by atoms with Crippen molar-refractivity contribution in [2.75, 3.05) is 13.1 Å². The summed E-state index contributed by atoms with van der Waals surface area (Å²) in [5.41, 5.74) is 5.82. The van der Waals surface area contributed by atoms with E-state index in [0.29, 0.717) is 5.96 Å². The second-order valence-electron chi connectivity index (χ2n) is 5.03. The summed E-state index contributed by atoms with van der Waals surface area (Å²) in [7, 11) is 0. The number of aliphatic imine (C=N–C) groups is 1. The largest absolute Gasteiger partial charge is 0.370 e. The Morgan fingerprint density at radius 2 is 2.12 bits per heavy atom. The minimum Gasteiger partial charge on any atom is -0.370 e. The number of unbranched alkanes of at least 4 members (excludes halogenated alkanes) is 1. The molecular formula is C13H27N3. The molecule has 3 N–H and O–H groups in total. The second kappa shape index (κ2) is 7.53. The summed E-state index contributed by atoms with van der Waals surface area (Å²) >= 11 is 0. The van der Waals surface area contributed by atoms with Crippen LogP contribution in [0.3, 0.4) is 0 Å². The highest BCUT2D eigenvalue weighted by Crippen LogP contribution is 2.29. The SMILES string of the molecule is CCCCNC(N)=NCC1CCCCC1C. The lowest BCUT2D eigenvalue weighted by atomic mass is 9.80. The summed E-state index contributed by atoms with van der Waals surface area (Å²) in [6.45, 7) is 6.39. The Bertz CT molecular complexity index is 213. The first-order chi connectivity index (χ1) is 7.74. The van der Waals surface area contributed by atoms with Gasteiger partial charge in [0.05, 0.1) is 0 Å². The number of guanidine groups is 1. The van der Waals surface area contributed by atoms with Crippen molar-refractivity contribution >= 4 is 5.96 Å². The molecule has 1 aliphatic carbocycles. The average molecular weight is 225 g/mol. The molecule has 1 rings (SSSR count). The van der Waals surface area contributed by atoms with Crippen LogP contribution in [0.1, 0.15) is 52.4 Å². The zero-order valence-electron chi connectivity index (χ0n) is 10.8. The van der Waals surface area contributed by atoms with Crippen molar-refractivity contribution in [3.05, 3.63) is 0 Å². The van der Waals surface area contributed by atoms with Gasteiger partial charge in [-0.2, -0.15) is 0 Å². The van der Waals surface area contributed by atoms with Gasteiger partial charge in [0.2, 0.25) is 0 Å². The molecule has 16 heavy (non-hydrogen) atoms. The first-order valence-corrected chi connectivity index (χ1v) is 6.77. The summed E-state index contributed by atoms with van der Waals surface area (Å²) < 4.78 is 0. The molecule has 3 nitrogen and oxygen atoms in total. The van der Waals surface area contributed by atoms with Gasteiger partial charge in [-0.25, -0.2) is 0 Å². The zero-order chi connectivity index (χ0) is 11.8. The van der Waals surface area contributed by atoms with Crippen LogP contribution in [0, 0.1) is 11.8 Å². The Labute approximate surface area is 99.9 Å². The first kappa shape index (κ1) is 13.3. The Kier molecular flexibility index (Phi) is 6.27. The smallest absolute Gasteiger partial charge is 0.188 e. The maximum atomic E-state index is 5.82. The lowest BCUT2D eigenvalue weighted by molar-refractivity contribution is 0.263. The number of rotatable bonds is 5. The van der Waals surface area contributed by atoms with Crippen LogP contribution >= 0.6 is 0 Å². The van der Waals surface area contributed by atoms with Gasteiger partial charge in [0, 0.05) is 13.1 Å². The third-order valence-electron chi connectivity index (χ3n) is 3.62. The number of hydrogen-bond donors (Lipinski definition) is 2. The molecule has 1 fully saturated rings. The topological polar surface area (TPSA) is 50.4 Å². The summed E-state index contributed by atoms with van der Waals surface area (Å²) in [6, 6.07) is 0. The molecule has 0 aromatic heterocycles. The lowest BCUT2D eigenvalue weighted by Gasteiger charge is -2.27. The highest BCUT2D eigenvalue weighted by molar-refractivity contribution is 5.77. The van der Waals surface area contributed by atoms with Gasteiger partial charge >= 0.3 is 0 Å². The van der Waals surface area contributed by atoms with Gasteiger partial charge in [-0.1, -0.05) is 39.5 Å². The van der Waals surface area contributed by atoms with Crippen LogP contribution in [-0.4, -0.2) is 19.0 Å². The molecule has 0 aromatic carbocycles. The van der Waals surface area contributed by atoms with Crippen molar-refractivity contribution < 1.29 is 0 Å². The van der Waals surface area contributed by atoms with Gasteiger partial charge in [0.15, 0.2) is 5.96 Å². The molecule has 0 spiro atoms. The van der Waals surface area contributed by atoms with Gasteiger partial charge in [-0.15, -0.1) is 0 Å². The molecule has 0 aliphatic heterocycles. The summed E-state index contributed by atoms with van der Waals surface area (Å²) in [5.74, 6) is 2.20. The summed E-state index contributed by atoms with van der Waals surface area (Å²) in [6.07, 6.45) is 7.81. The Morgan fingerprint density at radius 3 is 2.81 bits per heavy atom. The van der Waals surface area contributed by atoms with Crippen molar-refractivity contribution in [3.63, 3.8) is 0 Å². The minimum absolute atomic E-state index is 0.631. The van der Waals surface area contributed by atoms with Crippen LogP contribution in [0.2, 0.25) is 0 Å². The quantitative estimate of drug-likeness (QED) is 0.429. The molecule has 1 saturated carbocycles. The van der Waals surface area contributed by atoms with Crippen molar-refractivity contribution in [2.45, 2.75) is 52.4 Å². The molecule has 0 bridgehead atoms. The van der Waals surface area contributed by atoms with E-state index in [1.807, 2.05) is 0 Å². The highest BCUT2D eigenvalue weighted by atomic mass is 15.1. The molecule has 94 valence electrons. The third-order valence-corrected chi connectivity index (χ3v) is 3.62. The van der Waals surface area contributed by atoms with E-state index in [1.165, 1.54) is 32.1 Å². The van der Waals surface area contributed by atoms with Gasteiger partial charge < -0.3 is 11.1 Å². The fourth-order valence-electron chi connectivity index (χ4n) is 2.33. The summed E-state index contributed by atoms with van der Waals surface area (Å²) in [5, 5.41) is 3.17.